The van der Waals surface area contributed by atoms with Gasteiger partial charge in [0.2, 0.25) is 0 Å². The van der Waals surface area contributed by atoms with Crippen molar-refractivity contribution in [2.45, 2.75) is 45.3 Å². The second-order valence-electron chi connectivity index (χ2n) is 3.79. The number of rotatable bonds is 3. The zero-order valence-corrected chi connectivity index (χ0v) is 10.8. The van der Waals surface area contributed by atoms with Crippen molar-refractivity contribution in [3.63, 3.8) is 0 Å². The van der Waals surface area contributed by atoms with Gasteiger partial charge in [0.15, 0.2) is 0 Å². The third-order valence-corrected chi connectivity index (χ3v) is 3.15. The van der Waals surface area contributed by atoms with Crippen molar-refractivity contribution in [3.05, 3.63) is 0 Å². The summed E-state index contributed by atoms with van der Waals surface area (Å²) < 4.78 is 5.77. The normalized spacial score (nSPS) is 22.6. The molecular weight excluding hydrogens is 230 g/mol. The van der Waals surface area contributed by atoms with Gasteiger partial charge in [0.05, 0.1) is 6.10 Å². The number of ether oxygens (including phenoxy) is 1. The molecule has 0 spiro atoms. The highest BCUT2D eigenvalue weighted by Gasteiger charge is 2.33. The molecule has 1 aliphatic heterocycles. The summed E-state index contributed by atoms with van der Waals surface area (Å²) in [7, 11) is 0. The molecule has 1 heterocycles. The number of esters is 1. The van der Waals surface area contributed by atoms with E-state index in [-0.39, 0.29) is 18.1 Å². The van der Waals surface area contributed by atoms with Crippen LogP contribution in [0.15, 0.2) is 0 Å². The van der Waals surface area contributed by atoms with Gasteiger partial charge in [0, 0.05) is 6.54 Å². The van der Waals surface area contributed by atoms with Crippen molar-refractivity contribution in [1.82, 2.24) is 4.90 Å². The third-order valence-electron chi connectivity index (χ3n) is 2.66. The predicted molar refractivity (Wildman–Crippen MR) is 67.2 cm³/mol. The fourth-order valence-corrected chi connectivity index (χ4v) is 2.06. The summed E-state index contributed by atoms with van der Waals surface area (Å²) in [6, 6.07) is -0.219. The Hall–Kier alpha value is -0.290. The molecule has 0 aromatic carbocycles. The molecule has 86 valence electrons. The van der Waals surface area contributed by atoms with Gasteiger partial charge >= 0.3 is 5.97 Å². The fourth-order valence-electron chi connectivity index (χ4n) is 1.60. The molecule has 1 saturated heterocycles. The molecule has 1 fully saturated rings. The molecule has 0 radical (unpaired) electrons. The van der Waals surface area contributed by atoms with Gasteiger partial charge in [0.25, 0.3) is 0 Å². The summed E-state index contributed by atoms with van der Waals surface area (Å²) in [4.78, 5) is 13.6. The van der Waals surface area contributed by atoms with E-state index in [2.05, 4.69) is 12.6 Å². The Kier molecular flexibility index (Phi) is 4.86. The Morgan fingerprint density at radius 1 is 1.73 bits per heavy atom. The van der Waals surface area contributed by atoms with Crippen molar-refractivity contribution in [2.75, 3.05) is 6.54 Å². The number of carbonyl (C=O) groups is 1. The minimum absolute atomic E-state index is 0.0200. The van der Waals surface area contributed by atoms with Crippen LogP contribution in [0.3, 0.4) is 0 Å². The number of carbonyl (C=O) groups excluding carboxylic acids is 1. The van der Waals surface area contributed by atoms with E-state index >= 15 is 0 Å². The highest BCUT2D eigenvalue weighted by molar-refractivity contribution is 8.10. The molecule has 0 N–H and O–H groups in total. The molecule has 1 aliphatic rings. The van der Waals surface area contributed by atoms with Gasteiger partial charge in [-0.05, 0) is 26.2 Å². The smallest absolute Gasteiger partial charge is 0.329 e. The zero-order chi connectivity index (χ0) is 11.4. The lowest BCUT2D eigenvalue weighted by molar-refractivity contribution is -0.152. The van der Waals surface area contributed by atoms with Crippen LogP contribution in [0.5, 0.6) is 0 Å². The van der Waals surface area contributed by atoms with Crippen LogP contribution in [0.25, 0.3) is 0 Å². The zero-order valence-electron chi connectivity index (χ0n) is 9.10. The average molecular weight is 247 g/mol. The van der Waals surface area contributed by atoms with Crippen molar-refractivity contribution < 1.29 is 9.53 Å². The van der Waals surface area contributed by atoms with Gasteiger partial charge in [-0.1, -0.05) is 19.1 Å². The number of thiocarbonyl (C=S) groups is 1. The second kappa shape index (κ2) is 5.70. The van der Waals surface area contributed by atoms with Crippen molar-refractivity contribution in [3.8, 4) is 0 Å². The maximum absolute atomic E-state index is 11.8. The van der Waals surface area contributed by atoms with E-state index in [9.17, 15) is 4.79 Å². The monoisotopic (exact) mass is 247 g/mol. The minimum Gasteiger partial charge on any atom is -0.461 e. The number of hydrogen-bond donors (Lipinski definition) is 1. The molecule has 3 nitrogen and oxygen atoms in total. The van der Waals surface area contributed by atoms with E-state index in [4.69, 9.17) is 17.0 Å². The molecule has 0 aliphatic carbocycles. The lowest BCUT2D eigenvalue weighted by Crippen LogP contribution is -2.39. The molecule has 0 saturated carbocycles. The Balaban J connectivity index is 2.55. The van der Waals surface area contributed by atoms with Gasteiger partial charge in [-0.15, -0.1) is 12.6 Å². The fraction of sp³-hybridized carbons (Fsp3) is 0.800. The summed E-state index contributed by atoms with van der Waals surface area (Å²) in [5, 5.41) is 0. The summed E-state index contributed by atoms with van der Waals surface area (Å²) >= 11 is 9.09. The summed E-state index contributed by atoms with van der Waals surface area (Å²) in [5.41, 5.74) is 0. The Morgan fingerprint density at radius 3 is 2.93 bits per heavy atom. The Bertz CT molecular complexity index is 258. The Morgan fingerprint density at radius 2 is 2.40 bits per heavy atom. The molecule has 0 aromatic heterocycles. The van der Waals surface area contributed by atoms with Crippen LogP contribution in [-0.4, -0.2) is 33.9 Å². The van der Waals surface area contributed by atoms with Crippen LogP contribution in [-0.2, 0) is 9.53 Å². The van der Waals surface area contributed by atoms with Gasteiger partial charge < -0.3 is 9.64 Å². The first kappa shape index (κ1) is 12.8. The number of likely N-dealkylation sites (tertiary alicyclic amines) is 1. The first-order chi connectivity index (χ1) is 7.06. The van der Waals surface area contributed by atoms with Crippen LogP contribution in [0.2, 0.25) is 0 Å². The van der Waals surface area contributed by atoms with Crippen LogP contribution in [0.1, 0.15) is 33.1 Å². The maximum Gasteiger partial charge on any atom is 0.329 e. The molecule has 0 amide bonds. The number of nitrogens with zero attached hydrogens (tertiary/aromatic N) is 1. The molecule has 2 unspecified atom stereocenters. The van der Waals surface area contributed by atoms with E-state index in [0.29, 0.717) is 4.32 Å². The van der Waals surface area contributed by atoms with Crippen molar-refractivity contribution in [2.24, 2.45) is 0 Å². The Labute approximate surface area is 102 Å². The van der Waals surface area contributed by atoms with E-state index in [1.165, 1.54) is 0 Å². The molecule has 1 rings (SSSR count). The molecule has 0 bridgehead atoms. The lowest BCUT2D eigenvalue weighted by Gasteiger charge is -2.24. The van der Waals surface area contributed by atoms with Gasteiger partial charge in [-0.3, -0.25) is 0 Å². The van der Waals surface area contributed by atoms with Gasteiger partial charge in [-0.25, -0.2) is 4.79 Å². The largest absolute Gasteiger partial charge is 0.461 e. The lowest BCUT2D eigenvalue weighted by atomic mass is 10.2. The van der Waals surface area contributed by atoms with Crippen LogP contribution in [0.4, 0.5) is 0 Å². The van der Waals surface area contributed by atoms with Gasteiger partial charge in [0.1, 0.15) is 10.4 Å². The first-order valence-electron chi connectivity index (χ1n) is 5.26. The highest BCUT2D eigenvalue weighted by atomic mass is 32.1. The van der Waals surface area contributed by atoms with E-state index in [1.54, 1.807) is 0 Å². The predicted octanol–water partition coefficient (Wildman–Crippen LogP) is 2.01. The topological polar surface area (TPSA) is 29.5 Å². The van der Waals surface area contributed by atoms with E-state index in [1.807, 2.05) is 18.7 Å². The van der Waals surface area contributed by atoms with E-state index < -0.39 is 0 Å². The van der Waals surface area contributed by atoms with E-state index in [0.717, 1.165) is 25.8 Å². The molecular formula is C10H17NO2S2. The molecule has 2 atom stereocenters. The standard InChI is InChI=1S/C10H17NO2S2/c1-3-7(2)13-9(12)8-5-4-6-11(8)10(14)15/h7-8H,3-6H2,1-2H3,(H,14,15). The minimum atomic E-state index is -0.219. The molecule has 15 heavy (non-hydrogen) atoms. The average Bonchev–Trinajstić information content (AvgIpc) is 2.65. The third kappa shape index (κ3) is 3.34. The number of thiol groups is 1. The summed E-state index contributed by atoms with van der Waals surface area (Å²) in [6.07, 6.45) is 2.61. The summed E-state index contributed by atoms with van der Waals surface area (Å²) in [6.45, 7) is 4.70. The molecule has 0 aromatic rings. The van der Waals surface area contributed by atoms with Gasteiger partial charge in [-0.2, -0.15) is 0 Å². The van der Waals surface area contributed by atoms with Crippen molar-refractivity contribution >= 4 is 35.1 Å². The van der Waals surface area contributed by atoms with Crippen molar-refractivity contribution in [1.29, 1.82) is 0 Å². The maximum atomic E-state index is 11.8. The SMILES string of the molecule is CCC(C)OC(=O)C1CCCN1C(=S)S. The number of hydrogen-bond acceptors (Lipinski definition) is 3. The highest BCUT2D eigenvalue weighted by Crippen LogP contribution is 2.20. The molecule has 5 heteroatoms. The van der Waals surface area contributed by atoms with Crippen LogP contribution >= 0.6 is 24.8 Å². The quantitative estimate of drug-likeness (QED) is 0.469. The van der Waals surface area contributed by atoms with Crippen LogP contribution < -0.4 is 0 Å². The summed E-state index contributed by atoms with van der Waals surface area (Å²) in [5.74, 6) is -0.168. The second-order valence-corrected chi connectivity index (χ2v) is 4.90. The van der Waals surface area contributed by atoms with Crippen LogP contribution in [0, 0.1) is 0 Å². The first-order valence-corrected chi connectivity index (χ1v) is 6.11.